The van der Waals surface area contributed by atoms with Gasteiger partial charge in [-0.2, -0.15) is 0 Å². The average molecular weight is 256 g/mol. The summed E-state index contributed by atoms with van der Waals surface area (Å²) >= 11 is 0. The van der Waals surface area contributed by atoms with Crippen LogP contribution in [0.5, 0.6) is 0 Å². The van der Waals surface area contributed by atoms with E-state index < -0.39 is 0 Å². The number of imidazole rings is 1. The lowest BCUT2D eigenvalue weighted by molar-refractivity contribution is -0.109. The highest BCUT2D eigenvalue weighted by Crippen LogP contribution is 2.03. The summed E-state index contributed by atoms with van der Waals surface area (Å²) in [5, 5.41) is 0. The Balaban J connectivity index is 0.000000453. The summed E-state index contributed by atoms with van der Waals surface area (Å²) in [6.07, 6.45) is 5.88. The minimum Gasteiger partial charge on any atom is -0.297 e. The molecule has 2 heterocycles. The van der Waals surface area contributed by atoms with E-state index in [0.717, 1.165) is 11.5 Å². The first-order valence-corrected chi connectivity index (χ1v) is 4.59. The van der Waals surface area contributed by atoms with E-state index in [2.05, 4.69) is 15.8 Å². The number of hydrogen-bond acceptors (Lipinski definition) is 4. The zero-order chi connectivity index (χ0) is 11.8. The summed E-state index contributed by atoms with van der Waals surface area (Å²) in [7, 11) is 0. The molecule has 17 heavy (non-hydrogen) atoms. The fraction of sp³-hybridized carbons (Fsp3) is 0.100. The van der Waals surface area contributed by atoms with Gasteiger partial charge in [0.05, 0.1) is 5.69 Å². The first-order chi connectivity index (χ1) is 7.77. The molecule has 0 bridgehead atoms. The summed E-state index contributed by atoms with van der Waals surface area (Å²) in [6, 6.07) is 5.80. The van der Waals surface area contributed by atoms with E-state index in [1.165, 1.54) is 0 Å². The number of aromatic nitrogens is 3. The van der Waals surface area contributed by atoms with Crippen LogP contribution in [0, 0.1) is 6.92 Å². The van der Waals surface area contributed by atoms with Gasteiger partial charge in [0.2, 0.25) is 6.41 Å². The van der Waals surface area contributed by atoms with E-state index in [-0.39, 0.29) is 12.4 Å². The molecule has 3 N–H and O–H groups in total. The highest BCUT2D eigenvalue weighted by atomic mass is 35.5. The number of nitrogens with zero attached hydrogens (tertiary/aromatic N) is 3. The van der Waals surface area contributed by atoms with Crippen LogP contribution in [0.3, 0.4) is 0 Å². The molecule has 0 saturated carbocycles. The summed E-state index contributed by atoms with van der Waals surface area (Å²) in [5.74, 6) is 5.31. The van der Waals surface area contributed by atoms with Gasteiger partial charge < -0.3 is 0 Å². The van der Waals surface area contributed by atoms with E-state index in [1.54, 1.807) is 17.9 Å². The highest BCUT2D eigenvalue weighted by molar-refractivity contribution is 5.85. The first kappa shape index (κ1) is 15.1. The summed E-state index contributed by atoms with van der Waals surface area (Å²) < 4.78 is 1.90. The van der Waals surface area contributed by atoms with Gasteiger partial charge in [-0.15, -0.1) is 12.4 Å². The van der Waals surface area contributed by atoms with Crippen LogP contribution in [0.1, 0.15) is 5.69 Å². The fourth-order valence-electron chi connectivity index (χ4n) is 1.05. The predicted octanol–water partition coefficient (Wildman–Crippen LogP) is 0.604. The number of carbonyl (C=O) groups is 1. The molecule has 2 aromatic heterocycles. The van der Waals surface area contributed by atoms with Crippen LogP contribution in [-0.2, 0) is 4.79 Å². The Morgan fingerprint density at radius 2 is 2.12 bits per heavy atom. The van der Waals surface area contributed by atoms with Crippen LogP contribution < -0.4 is 11.3 Å². The Morgan fingerprint density at radius 1 is 1.41 bits per heavy atom. The molecule has 0 unspecified atom stereocenters. The molecule has 0 spiro atoms. The molecule has 0 fully saturated rings. The second-order valence-corrected chi connectivity index (χ2v) is 2.89. The number of aryl methyl sites for hydroxylation is 1. The molecule has 7 heteroatoms. The van der Waals surface area contributed by atoms with E-state index in [0.29, 0.717) is 6.41 Å². The molecule has 0 aliphatic rings. The van der Waals surface area contributed by atoms with Crippen LogP contribution in [0.4, 0.5) is 0 Å². The number of carbonyl (C=O) groups excluding carboxylic acids is 1. The van der Waals surface area contributed by atoms with Gasteiger partial charge in [0, 0.05) is 12.4 Å². The van der Waals surface area contributed by atoms with Gasteiger partial charge in [0.15, 0.2) is 0 Å². The second kappa shape index (κ2) is 8.26. The number of halogens is 1. The smallest absolute Gasteiger partial charge is 0.221 e. The highest BCUT2D eigenvalue weighted by Gasteiger charge is 1.95. The number of hydrazine groups is 1. The molecule has 2 aromatic rings. The van der Waals surface area contributed by atoms with Crippen molar-refractivity contribution < 1.29 is 4.79 Å². The quantitative estimate of drug-likeness (QED) is 0.356. The first-order valence-electron chi connectivity index (χ1n) is 4.59. The number of hydrogen-bond donors (Lipinski definition) is 2. The SMILES string of the molecule is Cc1cn(-c2ccccn2)cn1.Cl.NNC=O. The van der Waals surface area contributed by atoms with E-state index in [1.807, 2.05) is 35.9 Å². The van der Waals surface area contributed by atoms with Gasteiger partial charge in [-0.05, 0) is 19.1 Å². The lowest BCUT2D eigenvalue weighted by atomic mass is 10.4. The topological polar surface area (TPSA) is 85.8 Å². The van der Waals surface area contributed by atoms with E-state index in [4.69, 9.17) is 4.79 Å². The Morgan fingerprint density at radius 3 is 2.53 bits per heavy atom. The van der Waals surface area contributed by atoms with Gasteiger partial charge >= 0.3 is 0 Å². The monoisotopic (exact) mass is 255 g/mol. The van der Waals surface area contributed by atoms with Gasteiger partial charge in [0.1, 0.15) is 12.1 Å². The average Bonchev–Trinajstić information content (AvgIpc) is 2.77. The summed E-state index contributed by atoms with van der Waals surface area (Å²) in [4.78, 5) is 17.2. The summed E-state index contributed by atoms with van der Waals surface area (Å²) in [6.45, 7) is 1.96. The van der Waals surface area contributed by atoms with Crippen molar-refractivity contribution in [2.24, 2.45) is 5.84 Å². The lowest BCUT2D eigenvalue weighted by Gasteiger charge is -1.97. The molecule has 92 valence electrons. The van der Waals surface area contributed by atoms with Gasteiger partial charge in [-0.3, -0.25) is 14.8 Å². The molecule has 0 radical (unpaired) electrons. The standard InChI is InChI=1S/C9H9N3.CH4N2O.ClH/c1-8-6-12(7-11-8)9-4-2-3-5-10-9;2-3-1-4;/h2-7H,1H3;1H,2H2,(H,3,4);1H. The van der Waals surface area contributed by atoms with Crippen molar-refractivity contribution in [2.75, 3.05) is 0 Å². The van der Waals surface area contributed by atoms with Gasteiger partial charge in [0.25, 0.3) is 0 Å². The molecule has 2 rings (SSSR count). The van der Waals surface area contributed by atoms with Crippen molar-refractivity contribution in [1.82, 2.24) is 20.0 Å². The van der Waals surface area contributed by atoms with Crippen molar-refractivity contribution in [2.45, 2.75) is 6.92 Å². The Bertz CT molecular complexity index is 431. The number of rotatable bonds is 2. The lowest BCUT2D eigenvalue weighted by Crippen LogP contribution is -2.18. The van der Waals surface area contributed by atoms with Crippen LogP contribution in [-0.4, -0.2) is 20.9 Å². The zero-order valence-corrected chi connectivity index (χ0v) is 10.1. The minimum absolute atomic E-state index is 0. The number of amides is 1. The third-order valence-electron chi connectivity index (χ3n) is 1.69. The van der Waals surface area contributed by atoms with Crippen LogP contribution >= 0.6 is 12.4 Å². The van der Waals surface area contributed by atoms with Crippen LogP contribution in [0.25, 0.3) is 5.82 Å². The van der Waals surface area contributed by atoms with Crippen LogP contribution in [0.2, 0.25) is 0 Å². The Kier molecular flexibility index (Phi) is 7.32. The molecular weight excluding hydrogens is 242 g/mol. The van der Waals surface area contributed by atoms with Crippen LogP contribution in [0.15, 0.2) is 36.9 Å². The molecule has 0 aliphatic carbocycles. The maximum absolute atomic E-state index is 8.94. The molecular formula is C10H14ClN5O. The molecule has 6 nitrogen and oxygen atoms in total. The van der Waals surface area contributed by atoms with Gasteiger partial charge in [-0.1, -0.05) is 6.07 Å². The molecule has 0 aliphatic heterocycles. The molecule has 0 atom stereocenters. The van der Waals surface area contributed by atoms with E-state index >= 15 is 0 Å². The van der Waals surface area contributed by atoms with E-state index in [9.17, 15) is 0 Å². The Hall–Kier alpha value is -1.92. The van der Waals surface area contributed by atoms with Gasteiger partial charge in [-0.25, -0.2) is 15.8 Å². The van der Waals surface area contributed by atoms with Crippen molar-refractivity contribution >= 4 is 18.8 Å². The third kappa shape index (κ3) is 5.10. The number of nitrogens with two attached hydrogens (primary N) is 1. The molecule has 1 amide bonds. The largest absolute Gasteiger partial charge is 0.297 e. The number of pyridine rings is 1. The maximum atomic E-state index is 8.94. The van der Waals surface area contributed by atoms with Crippen molar-refractivity contribution in [3.63, 3.8) is 0 Å². The molecule has 0 aromatic carbocycles. The van der Waals surface area contributed by atoms with Crippen molar-refractivity contribution in [3.8, 4) is 5.82 Å². The minimum atomic E-state index is 0. The second-order valence-electron chi connectivity index (χ2n) is 2.89. The van der Waals surface area contributed by atoms with Crippen molar-refractivity contribution in [3.05, 3.63) is 42.6 Å². The predicted molar refractivity (Wildman–Crippen MR) is 66.7 cm³/mol. The Labute approximate surface area is 105 Å². The molecule has 0 saturated heterocycles. The third-order valence-corrected chi connectivity index (χ3v) is 1.69. The normalized spacial score (nSPS) is 8.35. The zero-order valence-electron chi connectivity index (χ0n) is 9.28. The van der Waals surface area contributed by atoms with Crippen molar-refractivity contribution in [1.29, 1.82) is 0 Å². The fourth-order valence-corrected chi connectivity index (χ4v) is 1.05. The number of nitrogens with one attached hydrogen (secondary N) is 1. The maximum Gasteiger partial charge on any atom is 0.221 e. The summed E-state index contributed by atoms with van der Waals surface area (Å²) in [5.41, 5.74) is 2.75.